The van der Waals surface area contributed by atoms with E-state index in [1.807, 2.05) is 51.9 Å². The number of phenolic OH excluding ortho intramolecular Hbond substituents is 1. The molecule has 3 fully saturated rings. The highest BCUT2D eigenvalue weighted by molar-refractivity contribution is 6.22. The molecule has 4 aliphatic rings. The van der Waals surface area contributed by atoms with Crippen LogP contribution in [-0.4, -0.2) is 89.6 Å². The van der Waals surface area contributed by atoms with E-state index in [4.69, 9.17) is 0 Å². The Labute approximate surface area is 165 Å². The molecule has 7 nitrogen and oxygen atoms in total. The van der Waals surface area contributed by atoms with Crippen molar-refractivity contribution in [3.63, 3.8) is 0 Å². The second-order valence-corrected chi connectivity index (χ2v) is 7.75. The van der Waals surface area contributed by atoms with Crippen molar-refractivity contribution in [1.29, 1.82) is 0 Å². The van der Waals surface area contributed by atoms with Crippen LogP contribution in [0.1, 0.15) is 5.56 Å². The Morgan fingerprint density at radius 2 is 1.46 bits per heavy atom. The summed E-state index contributed by atoms with van der Waals surface area (Å²) in [6.07, 6.45) is 1.52. The molecule has 0 bridgehead atoms. The molecule has 28 heavy (non-hydrogen) atoms. The van der Waals surface area contributed by atoms with E-state index >= 15 is 0 Å². The highest BCUT2D eigenvalue weighted by Crippen LogP contribution is 2.33. The van der Waals surface area contributed by atoms with Gasteiger partial charge in [-0.2, -0.15) is 0 Å². The van der Waals surface area contributed by atoms with Crippen LogP contribution in [0.5, 0.6) is 5.75 Å². The van der Waals surface area contributed by atoms with Gasteiger partial charge < -0.3 is 24.7 Å². The Morgan fingerprint density at radius 1 is 0.893 bits per heavy atom. The summed E-state index contributed by atoms with van der Waals surface area (Å²) in [5.74, 6) is 0.425. The van der Waals surface area contributed by atoms with Gasteiger partial charge >= 0.3 is 0 Å². The molecule has 1 aliphatic carbocycles. The number of para-hydroxylation sites is 1. The van der Waals surface area contributed by atoms with Crippen LogP contribution in [0, 0.1) is 0 Å². The zero-order valence-corrected chi connectivity index (χ0v) is 16.4. The van der Waals surface area contributed by atoms with Gasteiger partial charge in [-0.05, 0) is 20.2 Å². The maximum absolute atomic E-state index is 12.4. The Balaban J connectivity index is 0.000000153. The average molecular weight is 382 g/mol. The summed E-state index contributed by atoms with van der Waals surface area (Å²) in [5.41, 5.74) is 2.86. The van der Waals surface area contributed by atoms with Gasteiger partial charge in [-0.15, -0.1) is 0 Å². The third kappa shape index (κ3) is 4.04. The number of Topliss-reactive ketones (excluding diaryl/α,β-unsaturated/α-hetero) is 1. The van der Waals surface area contributed by atoms with Crippen LogP contribution in [0.4, 0.5) is 0 Å². The minimum Gasteiger partial charge on any atom is -0.508 e. The van der Waals surface area contributed by atoms with Gasteiger partial charge in [-0.1, -0.05) is 18.2 Å². The fourth-order valence-electron chi connectivity index (χ4n) is 3.26. The van der Waals surface area contributed by atoms with E-state index in [0.29, 0.717) is 22.8 Å². The van der Waals surface area contributed by atoms with Crippen LogP contribution >= 0.6 is 0 Å². The van der Waals surface area contributed by atoms with E-state index in [9.17, 15) is 14.7 Å². The minimum absolute atomic E-state index is 0.00546. The number of hydrogen-bond donors (Lipinski definition) is 1. The van der Waals surface area contributed by atoms with E-state index in [1.54, 1.807) is 6.07 Å². The lowest BCUT2D eigenvalue weighted by Gasteiger charge is -2.21. The molecule has 3 heterocycles. The molecule has 0 aromatic heterocycles. The summed E-state index contributed by atoms with van der Waals surface area (Å²) < 4.78 is 0. The van der Waals surface area contributed by atoms with Crippen molar-refractivity contribution in [2.24, 2.45) is 0 Å². The van der Waals surface area contributed by atoms with E-state index in [1.165, 1.54) is 6.08 Å². The molecule has 1 aromatic rings. The van der Waals surface area contributed by atoms with Gasteiger partial charge in [-0.3, -0.25) is 9.59 Å². The molecular formula is C21H26N4O3. The fourth-order valence-corrected chi connectivity index (χ4v) is 3.26. The maximum atomic E-state index is 12.4. The lowest BCUT2D eigenvalue weighted by molar-refractivity contribution is -0.117. The second kappa shape index (κ2) is 7.31. The Kier molecular flexibility index (Phi) is 4.85. The highest BCUT2D eigenvalue weighted by atomic mass is 16.3. The lowest BCUT2D eigenvalue weighted by Crippen LogP contribution is -2.29. The predicted molar refractivity (Wildman–Crippen MR) is 105 cm³/mol. The van der Waals surface area contributed by atoms with Crippen LogP contribution in [0.15, 0.2) is 47.4 Å². The number of aromatic hydroxyl groups is 1. The number of hydrogen-bond acceptors (Lipinski definition) is 7. The average Bonchev–Trinajstić information content (AvgIpc) is 3.49. The third-order valence-electron chi connectivity index (χ3n) is 4.97. The monoisotopic (exact) mass is 382 g/mol. The SMILES string of the molecule is CN(C)Cc1ccccc1O.O=C1C=C(N2CC2)C(=O)C(N2CC2)=C1N1CC1. The molecular weight excluding hydrogens is 356 g/mol. The third-order valence-corrected chi connectivity index (χ3v) is 4.97. The van der Waals surface area contributed by atoms with Crippen LogP contribution in [-0.2, 0) is 16.1 Å². The van der Waals surface area contributed by atoms with Crippen molar-refractivity contribution in [2.75, 3.05) is 53.4 Å². The van der Waals surface area contributed by atoms with Gasteiger partial charge in [0.05, 0.1) is 5.70 Å². The molecule has 5 rings (SSSR count). The van der Waals surface area contributed by atoms with Gasteiger partial charge in [0, 0.05) is 57.5 Å². The number of nitrogens with zero attached hydrogens (tertiary/aromatic N) is 4. The molecule has 1 N–H and O–H groups in total. The predicted octanol–water partition coefficient (Wildman–Crippen LogP) is 0.634. The van der Waals surface area contributed by atoms with E-state index < -0.39 is 0 Å². The normalized spacial score (nSPS) is 20.2. The van der Waals surface area contributed by atoms with Gasteiger partial charge in [0.2, 0.25) is 11.6 Å². The van der Waals surface area contributed by atoms with Gasteiger partial charge in [0.1, 0.15) is 17.1 Å². The number of phenols is 1. The lowest BCUT2D eigenvalue weighted by atomic mass is 10.0. The first kappa shape index (κ1) is 18.6. The molecule has 3 saturated heterocycles. The van der Waals surface area contributed by atoms with Crippen molar-refractivity contribution in [2.45, 2.75) is 6.54 Å². The summed E-state index contributed by atoms with van der Waals surface area (Å²) in [5, 5.41) is 9.33. The molecule has 0 saturated carbocycles. The number of ketones is 2. The number of rotatable bonds is 5. The van der Waals surface area contributed by atoms with Crippen LogP contribution < -0.4 is 0 Å². The van der Waals surface area contributed by atoms with Gasteiger partial charge in [0.15, 0.2) is 0 Å². The first-order valence-electron chi connectivity index (χ1n) is 9.67. The Morgan fingerprint density at radius 3 is 2.00 bits per heavy atom. The molecule has 0 atom stereocenters. The Bertz CT molecular complexity index is 862. The van der Waals surface area contributed by atoms with Crippen molar-refractivity contribution in [3.8, 4) is 5.75 Å². The zero-order valence-electron chi connectivity index (χ0n) is 16.4. The largest absolute Gasteiger partial charge is 0.508 e. The first-order valence-corrected chi connectivity index (χ1v) is 9.67. The molecule has 7 heteroatoms. The Hall–Kier alpha value is -2.80. The van der Waals surface area contributed by atoms with Crippen molar-refractivity contribution in [3.05, 3.63) is 53.0 Å². The quantitative estimate of drug-likeness (QED) is 0.592. The molecule has 0 amide bonds. The number of allylic oxidation sites excluding steroid dienone is 1. The summed E-state index contributed by atoms with van der Waals surface area (Å²) in [6, 6.07) is 7.39. The van der Waals surface area contributed by atoms with Crippen molar-refractivity contribution < 1.29 is 14.7 Å². The second-order valence-electron chi connectivity index (χ2n) is 7.75. The van der Waals surface area contributed by atoms with E-state index in [-0.39, 0.29) is 11.6 Å². The first-order chi connectivity index (χ1) is 13.5. The number of carbonyl (C=O) groups excluding carboxylic acids is 2. The summed E-state index contributed by atoms with van der Waals surface area (Å²) >= 11 is 0. The van der Waals surface area contributed by atoms with Crippen LogP contribution in [0.3, 0.4) is 0 Å². The van der Waals surface area contributed by atoms with E-state index in [2.05, 4.69) is 0 Å². The molecule has 3 aliphatic heterocycles. The molecule has 0 unspecified atom stereocenters. The van der Waals surface area contributed by atoms with Gasteiger partial charge in [0.25, 0.3) is 0 Å². The topological polar surface area (TPSA) is 66.6 Å². The summed E-state index contributed by atoms with van der Waals surface area (Å²) in [6.45, 7) is 6.19. The zero-order chi connectivity index (χ0) is 19.8. The smallest absolute Gasteiger partial charge is 0.227 e. The molecule has 148 valence electrons. The summed E-state index contributed by atoms with van der Waals surface area (Å²) in [7, 11) is 3.96. The van der Waals surface area contributed by atoms with E-state index in [0.717, 1.165) is 51.4 Å². The molecule has 0 radical (unpaired) electrons. The standard InChI is InChI=1S/C12H13N3O2.C9H13NO/c16-9-7-8(13-1-2-13)12(17)11(15-5-6-15)10(9)14-3-4-14;1-10(2)7-8-5-3-4-6-9(8)11/h7H,1-6H2;3-6,11H,7H2,1-2H3. The fraction of sp³-hybridized carbons (Fsp3) is 0.429. The van der Waals surface area contributed by atoms with Crippen LogP contribution in [0.2, 0.25) is 0 Å². The summed E-state index contributed by atoms with van der Waals surface area (Å²) in [4.78, 5) is 32.5. The molecule has 1 aromatic carbocycles. The maximum Gasteiger partial charge on any atom is 0.227 e. The molecule has 0 spiro atoms. The minimum atomic E-state index is 0.00546. The van der Waals surface area contributed by atoms with Crippen molar-refractivity contribution in [1.82, 2.24) is 19.6 Å². The van der Waals surface area contributed by atoms with Gasteiger partial charge in [-0.25, -0.2) is 0 Å². The number of benzene rings is 1. The van der Waals surface area contributed by atoms with Crippen molar-refractivity contribution >= 4 is 11.6 Å². The van der Waals surface area contributed by atoms with Crippen LogP contribution in [0.25, 0.3) is 0 Å². The number of carbonyl (C=O) groups is 2. The highest BCUT2D eigenvalue weighted by Gasteiger charge is 2.43.